The van der Waals surface area contributed by atoms with Crippen LogP contribution in [0, 0.1) is 5.92 Å². The zero-order chi connectivity index (χ0) is 11.7. The number of nitrogens with two attached hydrogens (primary N) is 1. The minimum Gasteiger partial charge on any atom is -0.368 e. The van der Waals surface area contributed by atoms with Crippen molar-refractivity contribution in [1.29, 1.82) is 0 Å². The molecule has 1 atom stereocenters. The maximum Gasteiger partial charge on any atom is 0.228 e. The lowest BCUT2D eigenvalue weighted by Gasteiger charge is -2.15. The molecule has 1 fully saturated rings. The molecule has 1 aromatic rings. The summed E-state index contributed by atoms with van der Waals surface area (Å²) in [5.74, 6) is 0.672. The topological polar surface area (TPSA) is 72.1 Å². The molecule has 2 heterocycles. The first-order valence-electron chi connectivity index (χ1n) is 4.83. The number of hydrogen-bond acceptors (Lipinski definition) is 4. The van der Waals surface area contributed by atoms with Gasteiger partial charge in [-0.2, -0.15) is 4.98 Å². The van der Waals surface area contributed by atoms with Crippen molar-refractivity contribution >= 4 is 29.3 Å². The summed E-state index contributed by atoms with van der Waals surface area (Å²) in [6, 6.07) is 1.53. The molecule has 1 aromatic heterocycles. The molecular formula is C10H11ClN4O. The number of anilines is 2. The van der Waals surface area contributed by atoms with Crippen molar-refractivity contribution < 1.29 is 4.79 Å². The quantitative estimate of drug-likeness (QED) is 0.622. The highest BCUT2D eigenvalue weighted by atomic mass is 35.5. The molecule has 0 aromatic carbocycles. The summed E-state index contributed by atoms with van der Waals surface area (Å²) >= 11 is 5.76. The minimum absolute atomic E-state index is 0.000864. The first kappa shape index (κ1) is 10.9. The average Bonchev–Trinajstić information content (AvgIpc) is 2.58. The van der Waals surface area contributed by atoms with Crippen LogP contribution in [0.25, 0.3) is 0 Å². The van der Waals surface area contributed by atoms with Crippen LogP contribution in [0.3, 0.4) is 0 Å². The fourth-order valence-electron chi connectivity index (χ4n) is 1.68. The molecule has 0 saturated carbocycles. The summed E-state index contributed by atoms with van der Waals surface area (Å²) in [7, 11) is 0. The lowest BCUT2D eigenvalue weighted by atomic mass is 10.1. The van der Waals surface area contributed by atoms with Crippen LogP contribution in [0.15, 0.2) is 18.7 Å². The second-order valence-corrected chi connectivity index (χ2v) is 4.00. The van der Waals surface area contributed by atoms with Gasteiger partial charge in [0.05, 0.1) is 0 Å². The van der Waals surface area contributed by atoms with Crippen LogP contribution in [0.5, 0.6) is 0 Å². The van der Waals surface area contributed by atoms with E-state index >= 15 is 0 Å². The van der Waals surface area contributed by atoms with E-state index in [1.807, 2.05) is 0 Å². The zero-order valence-electron chi connectivity index (χ0n) is 8.56. The molecule has 1 amide bonds. The van der Waals surface area contributed by atoms with E-state index in [0.717, 1.165) is 0 Å². The number of carbonyl (C=O) groups excluding carboxylic acids is 1. The number of hydrogen-bond donors (Lipinski definition) is 1. The van der Waals surface area contributed by atoms with Gasteiger partial charge in [-0.25, -0.2) is 4.98 Å². The third-order valence-electron chi connectivity index (χ3n) is 2.46. The third-order valence-corrected chi connectivity index (χ3v) is 2.66. The Hall–Kier alpha value is -1.62. The molecule has 1 aliphatic heterocycles. The van der Waals surface area contributed by atoms with Gasteiger partial charge in [0.1, 0.15) is 11.0 Å². The Morgan fingerprint density at radius 1 is 1.62 bits per heavy atom. The van der Waals surface area contributed by atoms with Gasteiger partial charge in [-0.1, -0.05) is 17.7 Å². The van der Waals surface area contributed by atoms with E-state index < -0.39 is 0 Å². The van der Waals surface area contributed by atoms with Crippen molar-refractivity contribution in [3.63, 3.8) is 0 Å². The van der Waals surface area contributed by atoms with Crippen molar-refractivity contribution in [3.8, 4) is 0 Å². The number of carbonyl (C=O) groups is 1. The molecule has 0 radical (unpaired) electrons. The number of nitrogens with zero attached hydrogens (tertiary/aromatic N) is 3. The number of amides is 1. The average molecular weight is 239 g/mol. The van der Waals surface area contributed by atoms with Crippen LogP contribution in [0.4, 0.5) is 11.8 Å². The molecular weight excluding hydrogens is 228 g/mol. The molecule has 0 bridgehead atoms. The van der Waals surface area contributed by atoms with Crippen molar-refractivity contribution in [2.24, 2.45) is 5.92 Å². The van der Waals surface area contributed by atoms with Crippen LogP contribution < -0.4 is 10.6 Å². The maximum absolute atomic E-state index is 11.7. The Labute approximate surface area is 97.9 Å². The maximum atomic E-state index is 11.7. The van der Waals surface area contributed by atoms with E-state index in [0.29, 0.717) is 18.8 Å². The van der Waals surface area contributed by atoms with Crippen molar-refractivity contribution in [2.45, 2.75) is 6.42 Å². The van der Waals surface area contributed by atoms with Gasteiger partial charge in [-0.15, -0.1) is 6.58 Å². The first-order valence-corrected chi connectivity index (χ1v) is 5.21. The van der Waals surface area contributed by atoms with Gasteiger partial charge >= 0.3 is 0 Å². The Balaban J connectivity index is 2.30. The molecule has 0 aliphatic carbocycles. The van der Waals surface area contributed by atoms with Gasteiger partial charge in [0, 0.05) is 24.9 Å². The molecule has 1 aliphatic rings. The van der Waals surface area contributed by atoms with E-state index in [2.05, 4.69) is 16.5 Å². The number of aromatic nitrogens is 2. The lowest BCUT2D eigenvalue weighted by molar-refractivity contribution is -0.117. The monoisotopic (exact) mass is 238 g/mol. The van der Waals surface area contributed by atoms with E-state index in [1.54, 1.807) is 11.0 Å². The molecule has 2 N–H and O–H groups in total. The summed E-state index contributed by atoms with van der Waals surface area (Å²) in [4.78, 5) is 21.0. The highest BCUT2D eigenvalue weighted by Gasteiger charge is 2.29. The predicted molar refractivity (Wildman–Crippen MR) is 62.1 cm³/mol. The number of rotatable bonds is 2. The largest absolute Gasteiger partial charge is 0.368 e. The molecule has 6 heteroatoms. The SMILES string of the molecule is C=CC1CC(=O)N(c2cc(Cl)nc(N)n2)C1. The summed E-state index contributed by atoms with van der Waals surface area (Å²) in [5.41, 5.74) is 5.47. The van der Waals surface area contributed by atoms with Gasteiger partial charge in [0.2, 0.25) is 11.9 Å². The normalized spacial score (nSPS) is 20.2. The van der Waals surface area contributed by atoms with Crippen molar-refractivity contribution in [1.82, 2.24) is 9.97 Å². The van der Waals surface area contributed by atoms with Crippen LogP contribution in [0.2, 0.25) is 5.15 Å². The number of nitrogen functional groups attached to an aromatic ring is 1. The van der Waals surface area contributed by atoms with E-state index in [4.69, 9.17) is 17.3 Å². The van der Waals surface area contributed by atoms with Crippen LogP contribution >= 0.6 is 11.6 Å². The second-order valence-electron chi connectivity index (χ2n) is 3.61. The van der Waals surface area contributed by atoms with Gasteiger partial charge < -0.3 is 5.73 Å². The summed E-state index contributed by atoms with van der Waals surface area (Å²) in [5, 5.41) is 0.234. The minimum atomic E-state index is -0.000864. The molecule has 0 spiro atoms. The first-order chi connectivity index (χ1) is 7.60. The Kier molecular flexibility index (Phi) is 2.78. The number of halogens is 1. The summed E-state index contributed by atoms with van der Waals surface area (Å²) < 4.78 is 0. The van der Waals surface area contributed by atoms with E-state index in [1.165, 1.54) is 6.07 Å². The Bertz CT molecular complexity index is 428. The summed E-state index contributed by atoms with van der Waals surface area (Å²) in [6.45, 7) is 4.24. The van der Waals surface area contributed by atoms with Crippen LogP contribution in [0.1, 0.15) is 6.42 Å². The highest BCUT2D eigenvalue weighted by molar-refractivity contribution is 6.29. The molecule has 1 unspecified atom stereocenters. The molecule has 1 saturated heterocycles. The fourth-order valence-corrected chi connectivity index (χ4v) is 1.86. The van der Waals surface area contributed by atoms with Gasteiger partial charge in [0.25, 0.3) is 0 Å². The lowest BCUT2D eigenvalue weighted by Crippen LogP contribution is -2.25. The van der Waals surface area contributed by atoms with Crippen molar-refractivity contribution in [2.75, 3.05) is 17.2 Å². The zero-order valence-corrected chi connectivity index (χ0v) is 9.31. The second kappa shape index (κ2) is 4.09. The van der Waals surface area contributed by atoms with Crippen LogP contribution in [-0.2, 0) is 4.79 Å². The van der Waals surface area contributed by atoms with Crippen molar-refractivity contribution in [3.05, 3.63) is 23.9 Å². The molecule has 2 rings (SSSR count). The van der Waals surface area contributed by atoms with Gasteiger partial charge in [-0.05, 0) is 0 Å². The van der Waals surface area contributed by atoms with E-state index in [-0.39, 0.29) is 22.9 Å². The Morgan fingerprint density at radius 2 is 2.38 bits per heavy atom. The molecule has 84 valence electrons. The predicted octanol–water partition coefficient (Wildman–Crippen LogP) is 1.25. The van der Waals surface area contributed by atoms with E-state index in [9.17, 15) is 4.79 Å². The van der Waals surface area contributed by atoms with Gasteiger partial charge in [-0.3, -0.25) is 9.69 Å². The highest BCUT2D eigenvalue weighted by Crippen LogP contribution is 2.25. The van der Waals surface area contributed by atoms with Crippen LogP contribution in [-0.4, -0.2) is 22.4 Å². The fraction of sp³-hybridized carbons (Fsp3) is 0.300. The third kappa shape index (κ3) is 1.99. The van der Waals surface area contributed by atoms with Gasteiger partial charge in [0.15, 0.2) is 0 Å². The Morgan fingerprint density at radius 3 is 2.94 bits per heavy atom. The molecule has 16 heavy (non-hydrogen) atoms. The molecule has 5 nitrogen and oxygen atoms in total. The standard InChI is InChI=1S/C10H11ClN4O/c1-2-6-3-9(16)15(5-6)8-4-7(11)13-10(12)14-8/h2,4,6H,1,3,5H2,(H2,12,13,14). The summed E-state index contributed by atoms with van der Waals surface area (Å²) in [6.07, 6.45) is 2.22. The smallest absolute Gasteiger partial charge is 0.228 e.